The SMILES string of the molecule is Cc1ccc2c(c1)Cc1cc3c(c(C)c1-2)-c1ccnc2cccc-3c12. The molecule has 0 spiro atoms. The largest absolute Gasteiger partial charge is 0.256 e. The van der Waals surface area contributed by atoms with Crippen molar-refractivity contribution in [3.8, 4) is 33.4 Å². The van der Waals surface area contributed by atoms with Crippen LogP contribution >= 0.6 is 0 Å². The smallest absolute Gasteiger partial charge is 0.0714 e. The molecule has 0 N–H and O–H groups in total. The summed E-state index contributed by atoms with van der Waals surface area (Å²) in [5.41, 5.74) is 15.1. The number of hydrogen-bond acceptors (Lipinski definition) is 1. The summed E-state index contributed by atoms with van der Waals surface area (Å²) < 4.78 is 0. The third-order valence-electron chi connectivity index (χ3n) is 5.90. The van der Waals surface area contributed by atoms with Crippen LogP contribution in [0.4, 0.5) is 0 Å². The number of benzene rings is 3. The topological polar surface area (TPSA) is 12.9 Å². The molecule has 0 saturated heterocycles. The van der Waals surface area contributed by atoms with Crippen molar-refractivity contribution >= 4 is 10.9 Å². The number of aryl methyl sites for hydroxylation is 1. The Bertz CT molecular complexity index is 1230. The van der Waals surface area contributed by atoms with E-state index >= 15 is 0 Å². The Morgan fingerprint density at radius 2 is 1.68 bits per heavy atom. The highest BCUT2D eigenvalue weighted by molar-refractivity contribution is 6.16. The normalized spacial score (nSPS) is 13.0. The molecule has 1 nitrogen and oxygen atoms in total. The molecule has 6 rings (SSSR count). The van der Waals surface area contributed by atoms with E-state index in [0.717, 1.165) is 11.9 Å². The Morgan fingerprint density at radius 1 is 0.760 bits per heavy atom. The Hall–Kier alpha value is -2.93. The average molecular weight is 319 g/mol. The maximum absolute atomic E-state index is 4.58. The van der Waals surface area contributed by atoms with E-state index in [4.69, 9.17) is 0 Å². The van der Waals surface area contributed by atoms with Gasteiger partial charge in [0.1, 0.15) is 0 Å². The molecule has 2 aliphatic rings. The maximum atomic E-state index is 4.58. The zero-order valence-corrected chi connectivity index (χ0v) is 14.4. The van der Waals surface area contributed by atoms with Gasteiger partial charge in [0.05, 0.1) is 5.52 Å². The minimum atomic E-state index is 1.05. The van der Waals surface area contributed by atoms with Crippen LogP contribution in [0.5, 0.6) is 0 Å². The summed E-state index contributed by atoms with van der Waals surface area (Å²) in [6.45, 7) is 4.48. The highest BCUT2D eigenvalue weighted by Crippen LogP contribution is 2.53. The van der Waals surface area contributed by atoms with Crippen molar-refractivity contribution in [1.29, 1.82) is 0 Å². The first kappa shape index (κ1) is 13.4. The second-order valence-electron chi connectivity index (χ2n) is 7.35. The van der Waals surface area contributed by atoms with Crippen molar-refractivity contribution < 1.29 is 0 Å². The van der Waals surface area contributed by atoms with Crippen LogP contribution in [0, 0.1) is 13.8 Å². The number of nitrogens with zero attached hydrogens (tertiary/aromatic N) is 1. The van der Waals surface area contributed by atoms with E-state index in [1.165, 1.54) is 61.0 Å². The Kier molecular flexibility index (Phi) is 2.34. The molecule has 0 fully saturated rings. The molecule has 0 amide bonds. The summed E-state index contributed by atoms with van der Waals surface area (Å²) >= 11 is 0. The first-order valence-electron chi connectivity index (χ1n) is 8.87. The van der Waals surface area contributed by atoms with Crippen molar-refractivity contribution in [2.75, 3.05) is 0 Å². The van der Waals surface area contributed by atoms with Crippen LogP contribution in [0.1, 0.15) is 22.3 Å². The van der Waals surface area contributed by atoms with Gasteiger partial charge in [-0.2, -0.15) is 0 Å². The van der Waals surface area contributed by atoms with Gasteiger partial charge in [-0.15, -0.1) is 0 Å². The van der Waals surface area contributed by atoms with Crippen LogP contribution < -0.4 is 0 Å². The van der Waals surface area contributed by atoms with Gasteiger partial charge in [0.25, 0.3) is 0 Å². The van der Waals surface area contributed by atoms with Crippen LogP contribution in [0.25, 0.3) is 44.3 Å². The first-order chi connectivity index (χ1) is 12.2. The monoisotopic (exact) mass is 319 g/mol. The summed E-state index contributed by atoms with van der Waals surface area (Å²) in [5.74, 6) is 0. The third-order valence-corrected chi connectivity index (χ3v) is 5.90. The molecule has 1 heterocycles. The third kappa shape index (κ3) is 1.56. The van der Waals surface area contributed by atoms with Crippen molar-refractivity contribution in [2.45, 2.75) is 20.3 Å². The summed E-state index contributed by atoms with van der Waals surface area (Å²) in [4.78, 5) is 4.58. The molecule has 1 heteroatoms. The van der Waals surface area contributed by atoms with Gasteiger partial charge in [0.2, 0.25) is 0 Å². The van der Waals surface area contributed by atoms with Gasteiger partial charge in [0, 0.05) is 11.6 Å². The number of aromatic nitrogens is 1. The standard InChI is InChI=1S/C24H17N/c1-13-6-7-17-15(10-13)11-16-12-20-18-4-3-5-21-24(18)19(8-9-25-21)23(20)14(2)22(16)17/h3-10,12H,11H2,1-2H3. The molecule has 0 bridgehead atoms. The van der Waals surface area contributed by atoms with Crippen LogP contribution in [-0.4, -0.2) is 4.98 Å². The predicted octanol–water partition coefficient (Wildman–Crippen LogP) is 6.07. The van der Waals surface area contributed by atoms with Gasteiger partial charge in [-0.1, -0.05) is 35.9 Å². The molecular formula is C24H17N. The lowest BCUT2D eigenvalue weighted by atomic mass is 9.90. The minimum absolute atomic E-state index is 1.05. The molecule has 0 radical (unpaired) electrons. The first-order valence-corrected chi connectivity index (χ1v) is 8.87. The number of hydrogen-bond donors (Lipinski definition) is 0. The molecule has 2 aliphatic carbocycles. The molecular weight excluding hydrogens is 302 g/mol. The van der Waals surface area contributed by atoms with Crippen LogP contribution in [0.3, 0.4) is 0 Å². The lowest BCUT2D eigenvalue weighted by Gasteiger charge is -2.13. The summed E-state index contributed by atoms with van der Waals surface area (Å²) in [5, 5.41) is 1.32. The molecule has 0 aliphatic heterocycles. The van der Waals surface area contributed by atoms with E-state index < -0.39 is 0 Å². The van der Waals surface area contributed by atoms with E-state index in [9.17, 15) is 0 Å². The maximum Gasteiger partial charge on any atom is 0.0714 e. The van der Waals surface area contributed by atoms with Crippen LogP contribution in [0.15, 0.2) is 54.7 Å². The van der Waals surface area contributed by atoms with E-state index in [1.807, 2.05) is 6.20 Å². The van der Waals surface area contributed by atoms with Gasteiger partial charge >= 0.3 is 0 Å². The summed E-state index contributed by atoms with van der Waals surface area (Å²) in [6.07, 6.45) is 2.99. The summed E-state index contributed by atoms with van der Waals surface area (Å²) in [7, 11) is 0. The summed E-state index contributed by atoms with van der Waals surface area (Å²) in [6, 6.07) is 18.0. The van der Waals surface area contributed by atoms with E-state index in [2.05, 4.69) is 67.4 Å². The number of fused-ring (bicyclic) bond motifs is 6. The minimum Gasteiger partial charge on any atom is -0.256 e. The fourth-order valence-electron chi connectivity index (χ4n) is 4.92. The van der Waals surface area contributed by atoms with Crippen LogP contribution in [0.2, 0.25) is 0 Å². The molecule has 0 saturated carbocycles. The van der Waals surface area contributed by atoms with E-state index in [0.29, 0.717) is 0 Å². The lowest BCUT2D eigenvalue weighted by molar-refractivity contribution is 1.25. The van der Waals surface area contributed by atoms with E-state index in [-0.39, 0.29) is 0 Å². The van der Waals surface area contributed by atoms with Crippen molar-refractivity contribution in [3.05, 3.63) is 77.0 Å². The molecule has 4 aromatic rings. The molecule has 0 atom stereocenters. The zero-order valence-electron chi connectivity index (χ0n) is 14.4. The second kappa shape index (κ2) is 4.37. The highest BCUT2D eigenvalue weighted by Gasteiger charge is 2.29. The van der Waals surface area contributed by atoms with Crippen molar-refractivity contribution in [2.24, 2.45) is 0 Å². The Morgan fingerprint density at radius 3 is 2.60 bits per heavy atom. The lowest BCUT2D eigenvalue weighted by Crippen LogP contribution is -1.90. The zero-order chi connectivity index (χ0) is 16.7. The average Bonchev–Trinajstić information content (AvgIpc) is 3.13. The molecule has 25 heavy (non-hydrogen) atoms. The number of rotatable bonds is 0. The number of pyridine rings is 1. The van der Waals surface area contributed by atoms with Gasteiger partial charge in [-0.3, -0.25) is 4.98 Å². The molecule has 118 valence electrons. The highest BCUT2D eigenvalue weighted by atomic mass is 14.6. The molecule has 0 unspecified atom stereocenters. The van der Waals surface area contributed by atoms with Crippen molar-refractivity contribution in [3.63, 3.8) is 0 Å². The van der Waals surface area contributed by atoms with Crippen LogP contribution in [-0.2, 0) is 6.42 Å². The quantitative estimate of drug-likeness (QED) is 0.331. The Labute approximate surface area is 147 Å². The van der Waals surface area contributed by atoms with Gasteiger partial charge in [0.15, 0.2) is 0 Å². The molecule has 3 aromatic carbocycles. The Balaban J connectivity index is 1.74. The van der Waals surface area contributed by atoms with E-state index in [1.54, 1.807) is 0 Å². The molecule has 1 aromatic heterocycles. The van der Waals surface area contributed by atoms with Gasteiger partial charge in [-0.05, 0) is 88.5 Å². The van der Waals surface area contributed by atoms with Crippen molar-refractivity contribution in [1.82, 2.24) is 4.98 Å². The van der Waals surface area contributed by atoms with Gasteiger partial charge < -0.3 is 0 Å². The predicted molar refractivity (Wildman–Crippen MR) is 104 cm³/mol. The fraction of sp³-hybridized carbons (Fsp3) is 0.125. The van der Waals surface area contributed by atoms with Gasteiger partial charge in [-0.25, -0.2) is 0 Å². The fourth-order valence-corrected chi connectivity index (χ4v) is 4.92. The second-order valence-corrected chi connectivity index (χ2v) is 7.35.